The van der Waals surface area contributed by atoms with Crippen molar-refractivity contribution in [3.63, 3.8) is 0 Å². The summed E-state index contributed by atoms with van der Waals surface area (Å²) in [6.45, 7) is 1.88. The summed E-state index contributed by atoms with van der Waals surface area (Å²) in [5, 5.41) is 3.90. The lowest BCUT2D eigenvalue weighted by Gasteiger charge is -2.09. The van der Waals surface area contributed by atoms with Gasteiger partial charge in [0.2, 0.25) is 0 Å². The summed E-state index contributed by atoms with van der Waals surface area (Å²) in [5.41, 5.74) is 4.64. The lowest BCUT2D eigenvalue weighted by Crippen LogP contribution is -2.18. The monoisotopic (exact) mass is 269 g/mol. The van der Waals surface area contributed by atoms with Crippen LogP contribution in [0, 0.1) is 6.92 Å². The predicted octanol–water partition coefficient (Wildman–Crippen LogP) is 2.16. The minimum atomic E-state index is -0.314. The normalized spacial score (nSPS) is 10.5. The Labute approximate surface area is 117 Å². The standard InChI is InChI=1S/C15H15N3O2/c1-11-5-3-7-13(14(11)20-2)15(19)18-17-10-12-6-4-8-16-9-12/h3-10H,1-2H3,(H,18,19). The van der Waals surface area contributed by atoms with E-state index in [2.05, 4.69) is 15.5 Å². The number of amides is 1. The zero-order valence-electron chi connectivity index (χ0n) is 11.3. The van der Waals surface area contributed by atoms with E-state index >= 15 is 0 Å². The summed E-state index contributed by atoms with van der Waals surface area (Å²) in [7, 11) is 1.54. The molecule has 2 aromatic rings. The molecule has 5 nitrogen and oxygen atoms in total. The topological polar surface area (TPSA) is 63.6 Å². The van der Waals surface area contributed by atoms with Crippen LogP contribution in [0.2, 0.25) is 0 Å². The van der Waals surface area contributed by atoms with E-state index in [0.717, 1.165) is 11.1 Å². The first kappa shape index (κ1) is 13.7. The molecule has 1 amide bonds. The van der Waals surface area contributed by atoms with Crippen LogP contribution in [0.3, 0.4) is 0 Å². The van der Waals surface area contributed by atoms with Gasteiger partial charge < -0.3 is 4.74 Å². The number of rotatable bonds is 4. The Bertz CT molecular complexity index is 624. The van der Waals surface area contributed by atoms with E-state index in [1.807, 2.05) is 19.1 Å². The molecule has 0 bridgehead atoms. The molecule has 20 heavy (non-hydrogen) atoms. The molecule has 0 aliphatic rings. The van der Waals surface area contributed by atoms with Gasteiger partial charge in [0.05, 0.1) is 18.9 Å². The first-order chi connectivity index (χ1) is 9.72. The SMILES string of the molecule is COc1c(C)cccc1C(=O)NN=Cc1cccnc1. The number of nitrogens with zero attached hydrogens (tertiary/aromatic N) is 2. The number of methoxy groups -OCH3 is 1. The Kier molecular flexibility index (Phi) is 4.44. The fraction of sp³-hybridized carbons (Fsp3) is 0.133. The van der Waals surface area contributed by atoms with Gasteiger partial charge in [0.1, 0.15) is 5.75 Å². The molecule has 0 saturated heterocycles. The van der Waals surface area contributed by atoms with E-state index in [1.165, 1.54) is 13.3 Å². The molecule has 1 aromatic heterocycles. The fourth-order valence-electron chi connectivity index (χ4n) is 1.78. The quantitative estimate of drug-likeness (QED) is 0.683. The average molecular weight is 269 g/mol. The first-order valence-corrected chi connectivity index (χ1v) is 6.09. The zero-order chi connectivity index (χ0) is 14.4. The van der Waals surface area contributed by atoms with Crippen molar-refractivity contribution >= 4 is 12.1 Å². The van der Waals surface area contributed by atoms with Crippen molar-refractivity contribution in [2.75, 3.05) is 7.11 Å². The van der Waals surface area contributed by atoms with Gasteiger partial charge >= 0.3 is 0 Å². The van der Waals surface area contributed by atoms with Crippen LogP contribution in [0.1, 0.15) is 21.5 Å². The Morgan fingerprint density at radius 3 is 2.90 bits per heavy atom. The van der Waals surface area contributed by atoms with E-state index in [-0.39, 0.29) is 5.91 Å². The van der Waals surface area contributed by atoms with Gasteiger partial charge in [-0.2, -0.15) is 5.10 Å². The van der Waals surface area contributed by atoms with E-state index in [4.69, 9.17) is 4.74 Å². The van der Waals surface area contributed by atoms with E-state index < -0.39 is 0 Å². The molecule has 1 N–H and O–H groups in total. The third-order valence-corrected chi connectivity index (χ3v) is 2.72. The summed E-state index contributed by atoms with van der Waals surface area (Å²) in [5.74, 6) is 0.243. The minimum Gasteiger partial charge on any atom is -0.496 e. The fourth-order valence-corrected chi connectivity index (χ4v) is 1.78. The second-order valence-corrected chi connectivity index (χ2v) is 4.14. The number of ether oxygens (including phenoxy) is 1. The maximum atomic E-state index is 12.0. The minimum absolute atomic E-state index is 0.314. The van der Waals surface area contributed by atoms with Crippen LogP contribution in [0.15, 0.2) is 47.8 Å². The number of hydrazone groups is 1. The van der Waals surface area contributed by atoms with E-state index in [0.29, 0.717) is 11.3 Å². The predicted molar refractivity (Wildman–Crippen MR) is 77.0 cm³/mol. The largest absolute Gasteiger partial charge is 0.496 e. The summed E-state index contributed by atoms with van der Waals surface area (Å²) < 4.78 is 5.24. The number of aromatic nitrogens is 1. The molecule has 0 saturated carbocycles. The van der Waals surface area contributed by atoms with Gasteiger partial charge in [0, 0.05) is 18.0 Å². The third kappa shape index (κ3) is 3.20. The van der Waals surface area contributed by atoms with Crippen LogP contribution in [0.4, 0.5) is 0 Å². The number of benzene rings is 1. The summed E-state index contributed by atoms with van der Waals surface area (Å²) in [6, 6.07) is 9.02. The van der Waals surface area contributed by atoms with Crippen molar-refractivity contribution in [2.45, 2.75) is 6.92 Å². The van der Waals surface area contributed by atoms with Crippen molar-refractivity contribution in [1.29, 1.82) is 0 Å². The molecule has 0 unspecified atom stereocenters. The molecule has 1 heterocycles. The van der Waals surface area contributed by atoms with Crippen molar-refractivity contribution < 1.29 is 9.53 Å². The molecule has 0 atom stereocenters. The number of nitrogens with one attached hydrogen (secondary N) is 1. The molecule has 0 aliphatic heterocycles. The first-order valence-electron chi connectivity index (χ1n) is 6.09. The third-order valence-electron chi connectivity index (χ3n) is 2.72. The highest BCUT2D eigenvalue weighted by molar-refractivity contribution is 5.97. The van der Waals surface area contributed by atoms with E-state index in [1.54, 1.807) is 30.6 Å². The molecule has 2 rings (SSSR count). The molecule has 0 fully saturated rings. The average Bonchev–Trinajstić information content (AvgIpc) is 2.48. The highest BCUT2D eigenvalue weighted by Crippen LogP contribution is 2.22. The Morgan fingerprint density at radius 2 is 2.20 bits per heavy atom. The molecule has 0 spiro atoms. The Balaban J connectivity index is 2.10. The van der Waals surface area contributed by atoms with Crippen molar-refractivity contribution in [1.82, 2.24) is 10.4 Å². The van der Waals surface area contributed by atoms with Crippen LogP contribution in [-0.4, -0.2) is 24.2 Å². The second-order valence-electron chi connectivity index (χ2n) is 4.14. The molecular weight excluding hydrogens is 254 g/mol. The van der Waals surface area contributed by atoms with Crippen LogP contribution in [-0.2, 0) is 0 Å². The highest BCUT2D eigenvalue weighted by atomic mass is 16.5. The zero-order valence-corrected chi connectivity index (χ0v) is 11.3. The highest BCUT2D eigenvalue weighted by Gasteiger charge is 2.12. The molecule has 0 aliphatic carbocycles. The van der Waals surface area contributed by atoms with Crippen LogP contribution in [0.25, 0.3) is 0 Å². The van der Waals surface area contributed by atoms with Gasteiger partial charge in [-0.05, 0) is 24.6 Å². The van der Waals surface area contributed by atoms with Gasteiger partial charge in [-0.15, -0.1) is 0 Å². The van der Waals surface area contributed by atoms with Crippen LogP contribution < -0.4 is 10.2 Å². The van der Waals surface area contributed by atoms with E-state index in [9.17, 15) is 4.79 Å². The van der Waals surface area contributed by atoms with Gasteiger partial charge in [-0.25, -0.2) is 5.43 Å². The lowest BCUT2D eigenvalue weighted by atomic mass is 10.1. The van der Waals surface area contributed by atoms with Gasteiger partial charge in [0.15, 0.2) is 0 Å². The summed E-state index contributed by atoms with van der Waals surface area (Å²) in [4.78, 5) is 16.0. The number of hydrogen-bond donors (Lipinski definition) is 1. The molecule has 0 radical (unpaired) electrons. The number of aryl methyl sites for hydroxylation is 1. The van der Waals surface area contributed by atoms with Crippen LogP contribution in [0.5, 0.6) is 5.75 Å². The number of para-hydroxylation sites is 1. The van der Waals surface area contributed by atoms with Gasteiger partial charge in [-0.3, -0.25) is 9.78 Å². The van der Waals surface area contributed by atoms with Gasteiger partial charge in [0.25, 0.3) is 5.91 Å². The maximum absolute atomic E-state index is 12.0. The number of carbonyl (C=O) groups excluding carboxylic acids is 1. The smallest absolute Gasteiger partial charge is 0.275 e. The van der Waals surface area contributed by atoms with Gasteiger partial charge in [-0.1, -0.05) is 18.2 Å². The summed E-state index contributed by atoms with van der Waals surface area (Å²) >= 11 is 0. The Hall–Kier alpha value is -2.69. The maximum Gasteiger partial charge on any atom is 0.275 e. The van der Waals surface area contributed by atoms with Crippen molar-refractivity contribution in [3.05, 3.63) is 59.4 Å². The lowest BCUT2D eigenvalue weighted by molar-refractivity contribution is 0.0952. The van der Waals surface area contributed by atoms with Crippen LogP contribution >= 0.6 is 0 Å². The number of pyridine rings is 1. The van der Waals surface area contributed by atoms with Crippen molar-refractivity contribution in [2.24, 2.45) is 5.10 Å². The molecule has 5 heteroatoms. The molecule has 102 valence electrons. The second kappa shape index (κ2) is 6.47. The molecule has 1 aromatic carbocycles. The summed E-state index contributed by atoms with van der Waals surface area (Å²) in [6.07, 6.45) is 4.86. The Morgan fingerprint density at radius 1 is 1.35 bits per heavy atom. The molecular formula is C15H15N3O2. The van der Waals surface area contributed by atoms with Crippen molar-refractivity contribution in [3.8, 4) is 5.75 Å². The number of carbonyl (C=O) groups is 1. The number of hydrogen-bond acceptors (Lipinski definition) is 4.